The quantitative estimate of drug-likeness (QED) is 0.502. The Labute approximate surface area is 192 Å². The van der Waals surface area contributed by atoms with Gasteiger partial charge in [0, 0.05) is 25.4 Å². The average molecular weight is 441 g/mol. The van der Waals surface area contributed by atoms with E-state index >= 15 is 0 Å². The van der Waals surface area contributed by atoms with Gasteiger partial charge in [-0.3, -0.25) is 9.69 Å². The molecule has 1 aliphatic heterocycles. The fourth-order valence-electron chi connectivity index (χ4n) is 5.54. The van der Waals surface area contributed by atoms with Crippen LogP contribution in [0.1, 0.15) is 68.3 Å². The Balaban J connectivity index is 1.30. The van der Waals surface area contributed by atoms with Gasteiger partial charge >= 0.3 is 0 Å². The highest BCUT2D eigenvalue weighted by Crippen LogP contribution is 2.29. The summed E-state index contributed by atoms with van der Waals surface area (Å²) in [6, 6.07) is 12.6. The predicted octanol–water partition coefficient (Wildman–Crippen LogP) is 6.01. The number of piperidine rings is 1. The van der Waals surface area contributed by atoms with Crippen LogP contribution in [0.15, 0.2) is 41.2 Å². The van der Waals surface area contributed by atoms with Crippen molar-refractivity contribution in [3.05, 3.63) is 68.6 Å². The van der Waals surface area contributed by atoms with E-state index in [0.717, 1.165) is 49.3 Å². The van der Waals surface area contributed by atoms with E-state index < -0.39 is 0 Å². The summed E-state index contributed by atoms with van der Waals surface area (Å²) >= 11 is 6.50. The molecular formula is C27H37ClN2O. The Morgan fingerprint density at radius 1 is 1.00 bits per heavy atom. The molecule has 4 rings (SSSR count). The number of halogens is 1. The summed E-state index contributed by atoms with van der Waals surface area (Å²) in [6.07, 6.45) is 12.6. The fourth-order valence-corrected chi connectivity index (χ4v) is 5.78. The highest BCUT2D eigenvalue weighted by Gasteiger charge is 2.23. The zero-order valence-electron chi connectivity index (χ0n) is 19.0. The van der Waals surface area contributed by atoms with Crippen LogP contribution in [0, 0.1) is 11.8 Å². The molecule has 2 aromatic rings. The Hall–Kier alpha value is -1.58. The average Bonchev–Trinajstić information content (AvgIpc) is 3.30. The van der Waals surface area contributed by atoms with Gasteiger partial charge in [0.25, 0.3) is 0 Å². The van der Waals surface area contributed by atoms with Crippen LogP contribution in [0.25, 0.3) is 0 Å². The van der Waals surface area contributed by atoms with E-state index in [1.54, 1.807) is 6.07 Å². The van der Waals surface area contributed by atoms with Gasteiger partial charge in [-0.15, -0.1) is 0 Å². The summed E-state index contributed by atoms with van der Waals surface area (Å²) in [7, 11) is 2.10. The molecule has 0 atom stereocenters. The molecule has 1 aromatic heterocycles. The predicted molar refractivity (Wildman–Crippen MR) is 130 cm³/mol. The standard InChI is InChI=1S/C27H37ClN2O/c1-29-24(18-23-10-5-6-11-23)19-26(31)27(28)25(29)20-30-16-14-22(15-17-30)13-7-12-21-8-3-2-4-9-21/h2-4,8-9,19,22-23H,5-7,10-18,20H2,1H3. The van der Waals surface area contributed by atoms with Crippen LogP contribution in [0.3, 0.4) is 0 Å². The summed E-state index contributed by atoms with van der Waals surface area (Å²) in [5.74, 6) is 1.55. The van der Waals surface area contributed by atoms with E-state index in [4.69, 9.17) is 11.6 Å². The molecular weight excluding hydrogens is 404 g/mol. The zero-order chi connectivity index (χ0) is 21.6. The van der Waals surface area contributed by atoms with Gasteiger partial charge in [0.2, 0.25) is 5.43 Å². The molecule has 0 amide bonds. The van der Waals surface area contributed by atoms with Crippen LogP contribution >= 0.6 is 11.6 Å². The Morgan fingerprint density at radius 3 is 2.42 bits per heavy atom. The Bertz CT molecular complexity index is 893. The van der Waals surface area contributed by atoms with E-state index in [1.807, 2.05) is 0 Å². The van der Waals surface area contributed by atoms with Gasteiger partial charge in [0.15, 0.2) is 0 Å². The highest BCUT2D eigenvalue weighted by atomic mass is 35.5. The van der Waals surface area contributed by atoms with Crippen molar-refractivity contribution in [2.45, 2.75) is 70.8 Å². The van der Waals surface area contributed by atoms with Crippen LogP contribution in [0.2, 0.25) is 5.02 Å². The zero-order valence-corrected chi connectivity index (χ0v) is 19.7. The van der Waals surface area contributed by atoms with E-state index in [9.17, 15) is 4.79 Å². The lowest BCUT2D eigenvalue weighted by atomic mass is 9.90. The molecule has 168 valence electrons. The van der Waals surface area contributed by atoms with E-state index in [0.29, 0.717) is 5.02 Å². The van der Waals surface area contributed by atoms with Gasteiger partial charge in [0.1, 0.15) is 5.02 Å². The van der Waals surface area contributed by atoms with Crippen LogP contribution < -0.4 is 5.43 Å². The molecule has 4 heteroatoms. The fraction of sp³-hybridized carbons (Fsp3) is 0.593. The first-order chi connectivity index (χ1) is 15.1. The minimum Gasteiger partial charge on any atom is -0.349 e. The number of aromatic nitrogens is 1. The van der Waals surface area contributed by atoms with Gasteiger partial charge in [0.05, 0.1) is 5.69 Å². The van der Waals surface area contributed by atoms with Gasteiger partial charge < -0.3 is 4.57 Å². The lowest BCUT2D eigenvalue weighted by molar-refractivity contribution is 0.167. The molecule has 0 spiro atoms. The van der Waals surface area contributed by atoms with Crippen molar-refractivity contribution in [1.29, 1.82) is 0 Å². The lowest BCUT2D eigenvalue weighted by Gasteiger charge is -2.33. The highest BCUT2D eigenvalue weighted by molar-refractivity contribution is 6.31. The lowest BCUT2D eigenvalue weighted by Crippen LogP contribution is -2.35. The topological polar surface area (TPSA) is 25.2 Å². The number of hydrogen-bond acceptors (Lipinski definition) is 2. The maximum absolute atomic E-state index is 12.6. The van der Waals surface area contributed by atoms with Crippen molar-refractivity contribution < 1.29 is 0 Å². The number of rotatable bonds is 8. The number of pyridine rings is 1. The number of likely N-dealkylation sites (tertiary alicyclic amines) is 1. The first kappa shape index (κ1) is 22.6. The van der Waals surface area contributed by atoms with Crippen molar-refractivity contribution >= 4 is 11.6 Å². The number of aryl methyl sites for hydroxylation is 1. The molecule has 0 N–H and O–H groups in total. The third kappa shape index (κ3) is 6.02. The van der Waals surface area contributed by atoms with Crippen molar-refractivity contribution in [2.75, 3.05) is 13.1 Å². The SMILES string of the molecule is Cn1c(CC2CCCC2)cc(=O)c(Cl)c1CN1CCC(CCCc2ccccc2)CC1. The molecule has 0 unspecified atom stereocenters. The van der Waals surface area contributed by atoms with Gasteiger partial charge in [-0.2, -0.15) is 0 Å². The molecule has 1 aromatic carbocycles. The summed E-state index contributed by atoms with van der Waals surface area (Å²) in [6.45, 7) is 3.00. The third-order valence-electron chi connectivity index (χ3n) is 7.58. The van der Waals surface area contributed by atoms with Gasteiger partial charge in [-0.1, -0.05) is 74.0 Å². The second kappa shape index (κ2) is 10.8. The van der Waals surface area contributed by atoms with Crippen molar-refractivity contribution in [2.24, 2.45) is 18.9 Å². The molecule has 1 saturated carbocycles. The molecule has 1 saturated heterocycles. The maximum atomic E-state index is 12.6. The molecule has 3 nitrogen and oxygen atoms in total. The largest absolute Gasteiger partial charge is 0.349 e. The Kier molecular flexibility index (Phi) is 7.90. The van der Waals surface area contributed by atoms with Crippen LogP contribution in [0.5, 0.6) is 0 Å². The second-order valence-corrected chi connectivity index (χ2v) is 10.1. The smallest absolute Gasteiger partial charge is 0.200 e. The summed E-state index contributed by atoms with van der Waals surface area (Å²) in [4.78, 5) is 15.0. The molecule has 2 heterocycles. The second-order valence-electron chi connectivity index (χ2n) is 9.77. The van der Waals surface area contributed by atoms with Crippen LogP contribution in [0.4, 0.5) is 0 Å². The summed E-state index contributed by atoms with van der Waals surface area (Å²) < 4.78 is 2.22. The maximum Gasteiger partial charge on any atom is 0.200 e. The van der Waals surface area contributed by atoms with Crippen molar-refractivity contribution in [3.8, 4) is 0 Å². The first-order valence-corrected chi connectivity index (χ1v) is 12.6. The van der Waals surface area contributed by atoms with Crippen molar-refractivity contribution in [1.82, 2.24) is 9.47 Å². The number of benzene rings is 1. The minimum absolute atomic E-state index is 0.00133. The normalized spacial score (nSPS) is 18.6. The molecule has 2 fully saturated rings. The van der Waals surface area contributed by atoms with E-state index in [2.05, 4.69) is 46.8 Å². The molecule has 2 aliphatic rings. The molecule has 1 aliphatic carbocycles. The van der Waals surface area contributed by atoms with E-state index in [-0.39, 0.29) is 5.43 Å². The molecule has 0 radical (unpaired) electrons. The van der Waals surface area contributed by atoms with Gasteiger partial charge in [-0.05, 0) is 62.6 Å². The van der Waals surface area contributed by atoms with Gasteiger partial charge in [-0.25, -0.2) is 0 Å². The van der Waals surface area contributed by atoms with Crippen molar-refractivity contribution in [3.63, 3.8) is 0 Å². The third-order valence-corrected chi connectivity index (χ3v) is 7.98. The summed E-state index contributed by atoms with van der Waals surface area (Å²) in [5.41, 5.74) is 3.61. The number of hydrogen-bond donors (Lipinski definition) is 0. The summed E-state index contributed by atoms with van der Waals surface area (Å²) in [5, 5.41) is 0.419. The Morgan fingerprint density at radius 2 is 1.71 bits per heavy atom. The number of nitrogens with zero attached hydrogens (tertiary/aromatic N) is 2. The molecule has 31 heavy (non-hydrogen) atoms. The minimum atomic E-state index is -0.00133. The van der Waals surface area contributed by atoms with Crippen LogP contribution in [-0.2, 0) is 26.4 Å². The monoisotopic (exact) mass is 440 g/mol. The first-order valence-electron chi connectivity index (χ1n) is 12.2. The van der Waals surface area contributed by atoms with Crippen LogP contribution in [-0.4, -0.2) is 22.6 Å². The molecule has 0 bridgehead atoms. The van der Waals surface area contributed by atoms with E-state index in [1.165, 1.54) is 63.4 Å².